The molecule has 150 valence electrons. The Balaban J connectivity index is 1.56. The van der Waals surface area contributed by atoms with Crippen LogP contribution in [0.1, 0.15) is 39.0 Å². The molecule has 0 spiro atoms. The second-order valence-electron chi connectivity index (χ2n) is 7.22. The second kappa shape index (κ2) is 7.87. The van der Waals surface area contributed by atoms with Crippen molar-refractivity contribution in [3.63, 3.8) is 0 Å². The summed E-state index contributed by atoms with van der Waals surface area (Å²) in [6.07, 6.45) is 7.03. The zero-order chi connectivity index (χ0) is 19.8. The Kier molecular flexibility index (Phi) is 5.09. The first-order valence-corrected chi connectivity index (χ1v) is 11.6. The van der Waals surface area contributed by atoms with Crippen LogP contribution in [0.15, 0.2) is 50.4 Å². The van der Waals surface area contributed by atoms with Gasteiger partial charge in [0.05, 0.1) is 5.69 Å². The number of amidine groups is 1. The van der Waals surface area contributed by atoms with Crippen molar-refractivity contribution in [1.82, 2.24) is 20.1 Å². The summed E-state index contributed by atoms with van der Waals surface area (Å²) in [5, 5.41) is 8.39. The number of para-hydroxylation sites is 1. The Hall–Kier alpha value is -2.26. The van der Waals surface area contributed by atoms with Crippen LogP contribution in [-0.4, -0.2) is 43.7 Å². The third-order valence-corrected chi connectivity index (χ3v) is 7.83. The Morgan fingerprint density at radius 1 is 1.21 bits per heavy atom. The lowest BCUT2D eigenvalue weighted by molar-refractivity contribution is -0.124. The van der Waals surface area contributed by atoms with Gasteiger partial charge in [-0.3, -0.25) is 9.69 Å². The van der Waals surface area contributed by atoms with Crippen LogP contribution in [0, 0.1) is 0 Å². The van der Waals surface area contributed by atoms with Gasteiger partial charge in [0, 0.05) is 17.5 Å². The molecule has 1 saturated carbocycles. The van der Waals surface area contributed by atoms with E-state index in [1.807, 2.05) is 17.0 Å². The SMILES string of the molecule is CCN1C(=C2SC(=Nc3ncn[nH]3)N(C3CCCCC3)C2=O)Sc2ccccc21. The minimum Gasteiger partial charge on any atom is -0.334 e. The molecule has 0 radical (unpaired) electrons. The summed E-state index contributed by atoms with van der Waals surface area (Å²) in [5.74, 6) is 0.496. The molecule has 1 saturated heterocycles. The molecule has 3 aliphatic rings. The summed E-state index contributed by atoms with van der Waals surface area (Å²) in [7, 11) is 0. The van der Waals surface area contributed by atoms with Crippen LogP contribution < -0.4 is 4.90 Å². The number of thioether (sulfide) groups is 2. The normalized spacial score (nSPS) is 24.0. The van der Waals surface area contributed by atoms with Crippen molar-refractivity contribution in [3.8, 4) is 0 Å². The maximum atomic E-state index is 13.6. The summed E-state index contributed by atoms with van der Waals surface area (Å²) in [5.41, 5.74) is 1.17. The maximum absolute atomic E-state index is 13.6. The summed E-state index contributed by atoms with van der Waals surface area (Å²) >= 11 is 3.14. The number of fused-ring (bicyclic) bond motifs is 1. The number of amides is 1. The van der Waals surface area contributed by atoms with E-state index in [0.717, 1.165) is 42.2 Å². The molecule has 1 amide bonds. The lowest BCUT2D eigenvalue weighted by Gasteiger charge is -2.30. The van der Waals surface area contributed by atoms with E-state index in [0.29, 0.717) is 11.1 Å². The van der Waals surface area contributed by atoms with Gasteiger partial charge in [-0.25, -0.2) is 5.10 Å². The molecular formula is C20H22N6OS2. The number of nitrogens with one attached hydrogen (secondary N) is 1. The van der Waals surface area contributed by atoms with Gasteiger partial charge in [0.1, 0.15) is 16.3 Å². The number of nitrogens with zero attached hydrogens (tertiary/aromatic N) is 5. The number of carbonyl (C=O) groups excluding carboxylic acids is 1. The van der Waals surface area contributed by atoms with Gasteiger partial charge in [-0.05, 0) is 43.7 Å². The zero-order valence-electron chi connectivity index (χ0n) is 16.2. The number of anilines is 1. The van der Waals surface area contributed by atoms with Crippen LogP contribution in [0.2, 0.25) is 0 Å². The summed E-state index contributed by atoms with van der Waals surface area (Å²) in [4.78, 5) is 28.5. The molecule has 5 rings (SSSR count). The molecule has 7 nitrogen and oxygen atoms in total. The Labute approximate surface area is 178 Å². The van der Waals surface area contributed by atoms with Crippen molar-refractivity contribution < 1.29 is 4.79 Å². The molecule has 0 atom stereocenters. The number of carbonyl (C=O) groups is 1. The minimum absolute atomic E-state index is 0.0638. The number of hydrogen-bond acceptors (Lipinski definition) is 7. The van der Waals surface area contributed by atoms with Gasteiger partial charge in [-0.1, -0.05) is 43.2 Å². The number of aromatic nitrogens is 3. The highest BCUT2D eigenvalue weighted by molar-refractivity contribution is 8.19. The van der Waals surface area contributed by atoms with Crippen molar-refractivity contribution in [2.24, 2.45) is 4.99 Å². The van der Waals surface area contributed by atoms with Crippen molar-refractivity contribution >= 4 is 46.2 Å². The average Bonchev–Trinajstić information content (AvgIpc) is 3.46. The predicted molar refractivity (Wildman–Crippen MR) is 117 cm³/mol. The Morgan fingerprint density at radius 3 is 2.79 bits per heavy atom. The van der Waals surface area contributed by atoms with Gasteiger partial charge >= 0.3 is 0 Å². The van der Waals surface area contributed by atoms with E-state index in [9.17, 15) is 4.79 Å². The molecular weight excluding hydrogens is 404 g/mol. The number of benzene rings is 1. The van der Waals surface area contributed by atoms with E-state index < -0.39 is 0 Å². The summed E-state index contributed by atoms with van der Waals surface area (Å²) in [6, 6.07) is 8.52. The van der Waals surface area contributed by atoms with Gasteiger partial charge < -0.3 is 4.90 Å². The molecule has 9 heteroatoms. The van der Waals surface area contributed by atoms with E-state index in [2.05, 4.69) is 44.1 Å². The first kappa shape index (κ1) is 18.7. The van der Waals surface area contributed by atoms with Gasteiger partial charge in [0.25, 0.3) is 5.91 Å². The number of rotatable bonds is 3. The smallest absolute Gasteiger partial charge is 0.269 e. The van der Waals surface area contributed by atoms with Crippen LogP contribution in [0.5, 0.6) is 0 Å². The van der Waals surface area contributed by atoms with Gasteiger partial charge in [-0.2, -0.15) is 15.1 Å². The van der Waals surface area contributed by atoms with E-state index in [1.54, 1.807) is 11.8 Å². The average molecular weight is 427 g/mol. The van der Waals surface area contributed by atoms with Gasteiger partial charge in [-0.15, -0.1) is 0 Å². The lowest BCUT2D eigenvalue weighted by Crippen LogP contribution is -2.40. The van der Waals surface area contributed by atoms with Gasteiger partial charge in [0.15, 0.2) is 5.17 Å². The summed E-state index contributed by atoms with van der Waals surface area (Å²) in [6.45, 7) is 2.93. The molecule has 0 unspecified atom stereocenters. The van der Waals surface area contributed by atoms with Crippen molar-refractivity contribution in [2.45, 2.75) is 50.0 Å². The maximum Gasteiger partial charge on any atom is 0.269 e. The summed E-state index contributed by atoms with van der Waals surface area (Å²) < 4.78 is 0. The molecule has 0 bridgehead atoms. The van der Waals surface area contributed by atoms with Crippen LogP contribution in [0.3, 0.4) is 0 Å². The number of hydrogen-bond donors (Lipinski definition) is 1. The highest BCUT2D eigenvalue weighted by Gasteiger charge is 2.43. The van der Waals surface area contributed by atoms with Crippen molar-refractivity contribution in [3.05, 3.63) is 40.5 Å². The number of aliphatic imine (C=N–C) groups is 1. The van der Waals surface area contributed by atoms with Crippen LogP contribution >= 0.6 is 23.5 Å². The first-order chi connectivity index (χ1) is 14.3. The monoisotopic (exact) mass is 426 g/mol. The lowest BCUT2D eigenvalue weighted by atomic mass is 9.94. The van der Waals surface area contributed by atoms with Crippen molar-refractivity contribution in [1.29, 1.82) is 0 Å². The van der Waals surface area contributed by atoms with E-state index in [-0.39, 0.29) is 11.9 Å². The topological polar surface area (TPSA) is 77.5 Å². The molecule has 29 heavy (non-hydrogen) atoms. The fourth-order valence-electron chi connectivity index (χ4n) is 4.11. The standard InChI is InChI=1S/C20H22N6OS2/c1-2-25-14-10-6-7-11-15(14)28-18(25)16-17(27)26(13-8-4-3-5-9-13)20(29-16)23-19-21-12-22-24-19/h6-7,10-13H,2-5,8-9H2,1H3,(H,21,22,24). The van der Waals surface area contributed by atoms with Gasteiger partial charge in [0.2, 0.25) is 5.95 Å². The fourth-order valence-corrected chi connectivity index (χ4v) is 6.55. The van der Waals surface area contributed by atoms with Crippen LogP contribution in [0.25, 0.3) is 0 Å². The molecule has 1 aromatic carbocycles. The highest BCUT2D eigenvalue weighted by Crippen LogP contribution is 2.51. The molecule has 1 aromatic heterocycles. The largest absolute Gasteiger partial charge is 0.334 e. The number of aromatic amines is 1. The zero-order valence-corrected chi connectivity index (χ0v) is 17.8. The van der Waals surface area contributed by atoms with Crippen LogP contribution in [-0.2, 0) is 4.79 Å². The van der Waals surface area contributed by atoms with Crippen molar-refractivity contribution in [2.75, 3.05) is 11.4 Å². The third kappa shape index (κ3) is 3.36. The van der Waals surface area contributed by atoms with E-state index >= 15 is 0 Å². The van der Waals surface area contributed by atoms with Crippen LogP contribution in [0.4, 0.5) is 11.6 Å². The molecule has 2 aliphatic heterocycles. The minimum atomic E-state index is 0.0638. The Morgan fingerprint density at radius 2 is 2.03 bits per heavy atom. The quantitative estimate of drug-likeness (QED) is 0.728. The Bertz CT molecular complexity index is 981. The highest BCUT2D eigenvalue weighted by atomic mass is 32.2. The molecule has 2 aromatic rings. The number of H-pyrrole nitrogens is 1. The predicted octanol–water partition coefficient (Wildman–Crippen LogP) is 4.50. The second-order valence-corrected chi connectivity index (χ2v) is 9.23. The third-order valence-electron chi connectivity index (χ3n) is 5.47. The molecule has 1 aliphatic carbocycles. The molecule has 3 heterocycles. The van der Waals surface area contributed by atoms with E-state index in [4.69, 9.17) is 0 Å². The first-order valence-electron chi connectivity index (χ1n) is 10.0. The molecule has 1 N–H and O–H groups in total. The fraction of sp³-hybridized carbons (Fsp3) is 0.400. The van der Waals surface area contributed by atoms with E-state index in [1.165, 1.54) is 35.1 Å². The molecule has 2 fully saturated rings.